The van der Waals surface area contributed by atoms with Crippen LogP contribution in [0.5, 0.6) is 0 Å². The maximum absolute atomic E-state index is 13.1. The molecule has 190 valence electrons. The number of benzene rings is 1. The van der Waals surface area contributed by atoms with Gasteiger partial charge in [0, 0.05) is 23.8 Å². The molecule has 1 saturated heterocycles. The smallest absolute Gasteiger partial charge is 0.251 e. The fourth-order valence-electron chi connectivity index (χ4n) is 8.99. The van der Waals surface area contributed by atoms with E-state index in [9.17, 15) is 8.78 Å². The van der Waals surface area contributed by atoms with E-state index in [2.05, 4.69) is 48.3 Å². The van der Waals surface area contributed by atoms with Crippen molar-refractivity contribution in [1.29, 1.82) is 0 Å². The molecular weight excluding hydrogens is 454 g/mol. The lowest BCUT2D eigenvalue weighted by Gasteiger charge is -2.55. The summed E-state index contributed by atoms with van der Waals surface area (Å²) >= 11 is 0. The van der Waals surface area contributed by atoms with E-state index < -0.39 is 6.43 Å². The first-order valence-corrected chi connectivity index (χ1v) is 13.8. The molecule has 2 bridgehead atoms. The first-order valence-electron chi connectivity index (χ1n) is 13.8. The van der Waals surface area contributed by atoms with Gasteiger partial charge in [0.15, 0.2) is 0 Å². The van der Waals surface area contributed by atoms with Gasteiger partial charge in [-0.15, -0.1) is 0 Å². The standard InChI is InChI=1S/C31H36F2N2O/c1-29-11-9-24-16-23-5-6-25(35(2)19-28(32)33)17-30(23)12-13-31(24,36-30)27(29)8-7-26(29)21-4-3-20-10-14-34-18-22(20)15-21/h3-4,9-10,14-16,18,25-28H,5-8,11-13,17,19H2,1-2H3/t25-,26?,27-,29?,30?,31-/m1/s1. The highest BCUT2D eigenvalue weighted by Gasteiger charge is 2.66. The summed E-state index contributed by atoms with van der Waals surface area (Å²) in [5, 5.41) is 2.46. The molecule has 3 nitrogen and oxygen atoms in total. The van der Waals surface area contributed by atoms with E-state index in [1.165, 1.54) is 40.3 Å². The summed E-state index contributed by atoms with van der Waals surface area (Å²) in [6, 6.07) is 9.19. The summed E-state index contributed by atoms with van der Waals surface area (Å²) in [6.45, 7) is 2.35. The topological polar surface area (TPSA) is 25.4 Å². The molecule has 6 atom stereocenters. The van der Waals surface area contributed by atoms with Crippen molar-refractivity contribution in [2.75, 3.05) is 13.6 Å². The summed E-state index contributed by atoms with van der Waals surface area (Å²) in [6.07, 6.45) is 14.8. The molecule has 3 fully saturated rings. The zero-order valence-electron chi connectivity index (χ0n) is 21.4. The maximum atomic E-state index is 13.1. The third-order valence-electron chi connectivity index (χ3n) is 10.8. The van der Waals surface area contributed by atoms with E-state index in [4.69, 9.17) is 4.74 Å². The number of nitrogens with zero attached hydrogens (tertiary/aromatic N) is 2. The normalized spacial score (nSPS) is 39.1. The second-order valence-corrected chi connectivity index (χ2v) is 12.4. The van der Waals surface area contributed by atoms with Crippen molar-refractivity contribution in [2.24, 2.45) is 11.3 Å². The van der Waals surface area contributed by atoms with Crippen LogP contribution in [0.3, 0.4) is 0 Å². The van der Waals surface area contributed by atoms with Crippen molar-refractivity contribution in [2.45, 2.75) is 87.9 Å². The van der Waals surface area contributed by atoms with Crippen molar-refractivity contribution < 1.29 is 13.5 Å². The molecule has 1 aromatic heterocycles. The van der Waals surface area contributed by atoms with Gasteiger partial charge in [0.2, 0.25) is 0 Å². The molecule has 3 heterocycles. The van der Waals surface area contributed by atoms with Gasteiger partial charge in [-0.3, -0.25) is 9.88 Å². The Morgan fingerprint density at radius 3 is 2.89 bits per heavy atom. The summed E-state index contributed by atoms with van der Waals surface area (Å²) in [4.78, 5) is 6.23. The second kappa shape index (κ2) is 7.94. The van der Waals surface area contributed by atoms with Gasteiger partial charge < -0.3 is 4.74 Å². The molecular formula is C31H36F2N2O. The number of aromatic nitrogens is 1. The van der Waals surface area contributed by atoms with Crippen molar-refractivity contribution in [3.63, 3.8) is 0 Å². The van der Waals surface area contributed by atoms with Crippen molar-refractivity contribution in [3.8, 4) is 0 Å². The van der Waals surface area contributed by atoms with Crippen LogP contribution in [-0.4, -0.2) is 47.1 Å². The Bertz CT molecular complexity index is 1270. The van der Waals surface area contributed by atoms with Gasteiger partial charge in [-0.2, -0.15) is 0 Å². The number of alkyl halides is 2. The highest BCUT2D eigenvalue weighted by Crippen LogP contribution is 2.69. The van der Waals surface area contributed by atoms with Crippen molar-refractivity contribution in [1.82, 2.24) is 9.88 Å². The largest absolute Gasteiger partial charge is 0.359 e. The lowest BCUT2D eigenvalue weighted by atomic mass is 9.58. The lowest BCUT2D eigenvalue weighted by molar-refractivity contribution is -0.141. The molecule has 3 unspecified atom stereocenters. The van der Waals surface area contributed by atoms with E-state index in [-0.39, 0.29) is 29.2 Å². The van der Waals surface area contributed by atoms with Crippen molar-refractivity contribution >= 4 is 10.8 Å². The molecule has 2 spiro atoms. The van der Waals surface area contributed by atoms with Gasteiger partial charge in [-0.05, 0) is 110 Å². The quantitative estimate of drug-likeness (QED) is 0.460. The number of ether oxygens (including phenoxy) is 1. The lowest BCUT2D eigenvalue weighted by Crippen LogP contribution is -2.55. The minimum Gasteiger partial charge on any atom is -0.359 e. The van der Waals surface area contributed by atoms with Gasteiger partial charge in [0.05, 0.1) is 17.7 Å². The Morgan fingerprint density at radius 2 is 2.03 bits per heavy atom. The number of hydrogen-bond acceptors (Lipinski definition) is 3. The Kier molecular flexibility index (Phi) is 5.08. The van der Waals surface area contributed by atoms with Crippen LogP contribution in [-0.2, 0) is 4.74 Å². The van der Waals surface area contributed by atoms with Gasteiger partial charge in [-0.25, -0.2) is 8.78 Å². The van der Waals surface area contributed by atoms with E-state index in [0.29, 0.717) is 11.8 Å². The Labute approximate surface area is 212 Å². The average molecular weight is 491 g/mol. The molecule has 5 aliphatic rings. The molecule has 0 radical (unpaired) electrons. The van der Waals surface area contributed by atoms with Crippen LogP contribution in [0.25, 0.3) is 10.8 Å². The zero-order chi connectivity index (χ0) is 24.7. The summed E-state index contributed by atoms with van der Waals surface area (Å²) in [5.41, 5.74) is 3.94. The SMILES string of the molecule is CN(CC(F)F)[C@@H]1CCC2=CC3=CCC4(C)C(c5ccc6ccncc6c5)CC[C@H]4[C@@]34CCC2(C1)O4. The second-order valence-electron chi connectivity index (χ2n) is 12.4. The summed E-state index contributed by atoms with van der Waals surface area (Å²) < 4.78 is 33.6. The summed E-state index contributed by atoms with van der Waals surface area (Å²) in [7, 11) is 1.86. The molecule has 2 saturated carbocycles. The highest BCUT2D eigenvalue weighted by molar-refractivity contribution is 5.82. The first kappa shape index (κ1) is 23.0. The zero-order valence-corrected chi connectivity index (χ0v) is 21.4. The van der Waals surface area contributed by atoms with Crippen LogP contribution in [0.4, 0.5) is 8.78 Å². The molecule has 2 aliphatic heterocycles. The van der Waals surface area contributed by atoms with E-state index in [1.807, 2.05) is 24.3 Å². The molecule has 0 N–H and O–H groups in total. The van der Waals surface area contributed by atoms with Gasteiger partial charge in [0.1, 0.15) is 0 Å². The molecule has 5 heteroatoms. The third-order valence-corrected chi connectivity index (χ3v) is 10.8. The van der Waals surface area contributed by atoms with Crippen LogP contribution in [0.1, 0.15) is 69.8 Å². The number of hydrogen-bond donors (Lipinski definition) is 0. The number of allylic oxidation sites excluding steroid dienone is 1. The average Bonchev–Trinajstić information content (AvgIpc) is 3.38. The van der Waals surface area contributed by atoms with Crippen LogP contribution in [0, 0.1) is 11.3 Å². The molecule has 3 aliphatic carbocycles. The molecule has 7 rings (SSSR count). The highest BCUT2D eigenvalue weighted by atomic mass is 19.3. The molecule has 2 aromatic rings. The fraction of sp³-hybridized carbons (Fsp3) is 0.581. The maximum Gasteiger partial charge on any atom is 0.251 e. The molecule has 36 heavy (non-hydrogen) atoms. The van der Waals surface area contributed by atoms with Gasteiger partial charge in [0.25, 0.3) is 6.43 Å². The number of rotatable bonds is 4. The molecule has 0 amide bonds. The molecule has 1 aromatic carbocycles. The van der Waals surface area contributed by atoms with Crippen LogP contribution in [0.2, 0.25) is 0 Å². The van der Waals surface area contributed by atoms with E-state index in [0.717, 1.165) is 38.5 Å². The van der Waals surface area contributed by atoms with E-state index in [1.54, 1.807) is 0 Å². The number of pyridine rings is 1. The van der Waals surface area contributed by atoms with Gasteiger partial charge >= 0.3 is 0 Å². The Balaban J connectivity index is 1.22. The number of fused-ring (bicyclic) bond motifs is 2. The Morgan fingerprint density at radius 1 is 1.14 bits per heavy atom. The fourth-order valence-corrected chi connectivity index (χ4v) is 8.99. The first-order chi connectivity index (χ1) is 17.3. The van der Waals surface area contributed by atoms with Crippen molar-refractivity contribution in [3.05, 3.63) is 65.5 Å². The summed E-state index contributed by atoms with van der Waals surface area (Å²) in [5.74, 6) is 0.983. The number of halogens is 2. The van der Waals surface area contributed by atoms with Crippen LogP contribution >= 0.6 is 0 Å². The van der Waals surface area contributed by atoms with Crippen LogP contribution in [0.15, 0.2) is 60.0 Å². The minimum absolute atomic E-state index is 0.150. The Hall–Kier alpha value is -2.11. The predicted octanol–water partition coefficient (Wildman–Crippen LogP) is 7.04. The minimum atomic E-state index is -2.29. The van der Waals surface area contributed by atoms with E-state index >= 15 is 0 Å². The monoisotopic (exact) mass is 490 g/mol. The predicted molar refractivity (Wildman–Crippen MR) is 138 cm³/mol. The third kappa shape index (κ3) is 3.18. The van der Waals surface area contributed by atoms with Crippen LogP contribution < -0.4 is 0 Å². The van der Waals surface area contributed by atoms with Gasteiger partial charge in [-0.1, -0.05) is 31.2 Å².